The van der Waals surface area contributed by atoms with E-state index < -0.39 is 5.82 Å². The average molecular weight is 538 g/mol. The third kappa shape index (κ3) is 4.45. The lowest BCUT2D eigenvalue weighted by Crippen LogP contribution is -2.31. The van der Waals surface area contributed by atoms with Gasteiger partial charge in [-0.3, -0.25) is 9.48 Å². The highest BCUT2D eigenvalue weighted by Gasteiger charge is 2.29. The molecule has 1 amide bonds. The molecule has 9 heteroatoms. The molecule has 7 nitrogen and oxygen atoms in total. The summed E-state index contributed by atoms with van der Waals surface area (Å²) in [5, 5.41) is 8.71. The molecule has 1 fully saturated rings. The number of carbonyl (C=O) groups is 1. The molecule has 1 aromatic carbocycles. The summed E-state index contributed by atoms with van der Waals surface area (Å²) in [6.45, 7) is 6.11. The van der Waals surface area contributed by atoms with Crippen molar-refractivity contribution in [1.82, 2.24) is 25.1 Å². The summed E-state index contributed by atoms with van der Waals surface area (Å²) in [7, 11) is 3.26. The number of hydrogen-bond donors (Lipinski definition) is 2. The molecule has 4 aromatic rings. The smallest absolute Gasteiger partial charge is 0.222 e. The second kappa shape index (κ2) is 10.4. The number of nitrogens with one attached hydrogen (secondary N) is 2. The van der Waals surface area contributed by atoms with Crippen molar-refractivity contribution in [2.45, 2.75) is 58.4 Å². The standard InChI is InChI=1S/C29H33ClFN5O2/c1-15(25-24(38-5)11-10-23(31)27(25)30)22-14-34-28-21(22)12-19(13-33-28)26-16(2)35-36(17(26)3)20-8-6-18(7-9-20)29(37)32-4/h10-15,18,20H,6-9H2,1-5H3,(H,32,37)(H,33,34)/t15-,18-,20-/m0/s1. The second-order valence-electron chi connectivity index (χ2n) is 10.2. The zero-order chi connectivity index (χ0) is 27.1. The normalized spacial score (nSPS) is 18.5. The zero-order valence-corrected chi connectivity index (χ0v) is 23.1. The third-order valence-electron chi connectivity index (χ3n) is 8.05. The van der Waals surface area contributed by atoms with Gasteiger partial charge in [-0.2, -0.15) is 5.10 Å². The Morgan fingerprint density at radius 2 is 2.00 bits per heavy atom. The Morgan fingerprint density at radius 1 is 1.26 bits per heavy atom. The van der Waals surface area contributed by atoms with E-state index in [9.17, 15) is 9.18 Å². The largest absolute Gasteiger partial charge is 0.496 e. The van der Waals surface area contributed by atoms with Crippen LogP contribution in [0.4, 0.5) is 4.39 Å². The molecule has 0 saturated heterocycles. The maximum atomic E-state index is 14.4. The van der Waals surface area contributed by atoms with E-state index in [0.29, 0.717) is 11.3 Å². The topological polar surface area (TPSA) is 84.8 Å². The Morgan fingerprint density at radius 3 is 2.68 bits per heavy atom. The summed E-state index contributed by atoms with van der Waals surface area (Å²) in [5.41, 5.74) is 6.38. The molecule has 0 spiro atoms. The number of benzene rings is 1. The van der Waals surface area contributed by atoms with Crippen molar-refractivity contribution in [2.24, 2.45) is 5.92 Å². The van der Waals surface area contributed by atoms with E-state index in [1.807, 2.05) is 26.2 Å². The molecule has 0 aliphatic heterocycles. The first-order chi connectivity index (χ1) is 18.2. The van der Waals surface area contributed by atoms with Gasteiger partial charge in [0.2, 0.25) is 5.91 Å². The van der Waals surface area contributed by atoms with E-state index in [1.54, 1.807) is 20.2 Å². The van der Waals surface area contributed by atoms with Gasteiger partial charge in [0, 0.05) is 59.0 Å². The highest BCUT2D eigenvalue weighted by Crippen LogP contribution is 2.42. The molecule has 200 valence electrons. The molecular weight excluding hydrogens is 505 g/mol. The van der Waals surface area contributed by atoms with E-state index in [-0.39, 0.29) is 28.8 Å². The van der Waals surface area contributed by atoms with Gasteiger partial charge in [0.25, 0.3) is 0 Å². The van der Waals surface area contributed by atoms with Crippen LogP contribution >= 0.6 is 11.6 Å². The predicted molar refractivity (Wildman–Crippen MR) is 147 cm³/mol. The Labute approximate surface area is 226 Å². The molecule has 3 aromatic heterocycles. The van der Waals surface area contributed by atoms with Gasteiger partial charge >= 0.3 is 0 Å². The van der Waals surface area contributed by atoms with Crippen LogP contribution in [0.5, 0.6) is 5.75 Å². The van der Waals surface area contributed by atoms with Crippen LogP contribution in [0.3, 0.4) is 0 Å². The van der Waals surface area contributed by atoms with Gasteiger partial charge in [0.05, 0.1) is 23.9 Å². The van der Waals surface area contributed by atoms with E-state index in [1.165, 1.54) is 6.07 Å². The first-order valence-corrected chi connectivity index (χ1v) is 13.4. The summed E-state index contributed by atoms with van der Waals surface area (Å²) in [5.74, 6) is 0.0425. The number of ether oxygens (including phenoxy) is 1. The van der Waals surface area contributed by atoms with E-state index in [2.05, 4.69) is 28.0 Å². The number of rotatable bonds is 6. The SMILES string of the molecule is CNC(=O)[C@H]1CC[C@H](n2nc(C)c(-c3cnc4[nH]cc([C@H](C)c5c(OC)ccc(F)c5Cl)c4c3)c2C)CC1. The first kappa shape index (κ1) is 26.2. The molecule has 3 heterocycles. The summed E-state index contributed by atoms with van der Waals surface area (Å²) in [6.07, 6.45) is 7.34. The molecule has 2 N–H and O–H groups in total. The van der Waals surface area contributed by atoms with Crippen LogP contribution in [-0.4, -0.2) is 39.8 Å². The Hall–Kier alpha value is -3.39. The minimum atomic E-state index is -0.476. The van der Waals surface area contributed by atoms with Crippen molar-refractivity contribution in [3.8, 4) is 16.9 Å². The van der Waals surface area contributed by atoms with Crippen LogP contribution in [0.25, 0.3) is 22.2 Å². The Bertz CT molecular complexity index is 1500. The highest BCUT2D eigenvalue weighted by atomic mass is 35.5. The number of aromatic nitrogens is 4. The summed E-state index contributed by atoms with van der Waals surface area (Å²) >= 11 is 6.41. The fourth-order valence-electron chi connectivity index (χ4n) is 6.03. The lowest BCUT2D eigenvalue weighted by Gasteiger charge is -2.28. The van der Waals surface area contributed by atoms with Crippen molar-refractivity contribution >= 4 is 28.5 Å². The molecule has 38 heavy (non-hydrogen) atoms. The van der Waals surface area contributed by atoms with Gasteiger partial charge in [-0.1, -0.05) is 18.5 Å². The molecular formula is C29H33ClFN5O2. The number of H-pyrrole nitrogens is 1. The minimum absolute atomic E-state index is 0.0643. The third-order valence-corrected chi connectivity index (χ3v) is 8.43. The molecule has 1 aliphatic rings. The van der Waals surface area contributed by atoms with Gasteiger partial charge in [-0.25, -0.2) is 9.37 Å². The molecule has 5 rings (SSSR count). The highest BCUT2D eigenvalue weighted by molar-refractivity contribution is 6.31. The fraction of sp³-hybridized carbons (Fsp3) is 0.414. The van der Waals surface area contributed by atoms with Crippen LogP contribution < -0.4 is 10.1 Å². The fourth-order valence-corrected chi connectivity index (χ4v) is 6.35. The zero-order valence-electron chi connectivity index (χ0n) is 22.4. The Kier molecular flexibility index (Phi) is 7.18. The molecule has 1 saturated carbocycles. The summed E-state index contributed by atoms with van der Waals surface area (Å²) in [4.78, 5) is 20.0. The number of nitrogens with zero attached hydrogens (tertiary/aromatic N) is 3. The van der Waals surface area contributed by atoms with Crippen molar-refractivity contribution in [3.63, 3.8) is 0 Å². The van der Waals surface area contributed by atoms with E-state index >= 15 is 0 Å². The average Bonchev–Trinajstić information content (AvgIpc) is 3.48. The van der Waals surface area contributed by atoms with Crippen molar-refractivity contribution in [3.05, 3.63) is 63.9 Å². The van der Waals surface area contributed by atoms with Crippen LogP contribution in [0.1, 0.15) is 67.1 Å². The number of amides is 1. The first-order valence-electron chi connectivity index (χ1n) is 13.0. The number of fused-ring (bicyclic) bond motifs is 1. The number of carbonyl (C=O) groups excluding carboxylic acids is 1. The summed E-state index contributed by atoms with van der Waals surface area (Å²) < 4.78 is 22.0. The molecule has 1 aliphatic carbocycles. The second-order valence-corrected chi connectivity index (χ2v) is 10.6. The van der Waals surface area contributed by atoms with Gasteiger partial charge in [-0.15, -0.1) is 0 Å². The van der Waals surface area contributed by atoms with Gasteiger partial charge in [0.1, 0.15) is 17.2 Å². The lowest BCUT2D eigenvalue weighted by atomic mass is 9.85. The summed E-state index contributed by atoms with van der Waals surface area (Å²) in [6, 6.07) is 5.31. The number of hydrogen-bond acceptors (Lipinski definition) is 4. The van der Waals surface area contributed by atoms with E-state index in [0.717, 1.165) is 64.8 Å². The Balaban J connectivity index is 1.50. The van der Waals surface area contributed by atoms with Gasteiger partial charge in [0.15, 0.2) is 0 Å². The van der Waals surface area contributed by atoms with Crippen LogP contribution in [-0.2, 0) is 4.79 Å². The van der Waals surface area contributed by atoms with Gasteiger partial charge < -0.3 is 15.0 Å². The number of aromatic amines is 1. The number of aryl methyl sites for hydroxylation is 1. The van der Waals surface area contributed by atoms with Crippen molar-refractivity contribution in [1.29, 1.82) is 0 Å². The molecule has 0 bridgehead atoms. The lowest BCUT2D eigenvalue weighted by molar-refractivity contribution is -0.125. The van der Waals surface area contributed by atoms with Crippen molar-refractivity contribution in [2.75, 3.05) is 14.2 Å². The van der Waals surface area contributed by atoms with Crippen LogP contribution in [0.15, 0.2) is 30.6 Å². The molecule has 1 atom stereocenters. The van der Waals surface area contributed by atoms with E-state index in [4.69, 9.17) is 26.4 Å². The number of methoxy groups -OCH3 is 1. The monoisotopic (exact) mass is 537 g/mol. The van der Waals surface area contributed by atoms with Crippen LogP contribution in [0.2, 0.25) is 5.02 Å². The number of pyridine rings is 1. The van der Waals surface area contributed by atoms with Gasteiger partial charge in [-0.05, 0) is 63.3 Å². The maximum Gasteiger partial charge on any atom is 0.222 e. The maximum absolute atomic E-state index is 14.4. The van der Waals surface area contributed by atoms with Crippen molar-refractivity contribution < 1.29 is 13.9 Å². The predicted octanol–water partition coefficient (Wildman–Crippen LogP) is 6.47. The minimum Gasteiger partial charge on any atom is -0.496 e. The quantitative estimate of drug-likeness (QED) is 0.295. The molecule has 0 unspecified atom stereocenters. The molecule has 0 radical (unpaired) electrons. The van der Waals surface area contributed by atoms with Crippen LogP contribution in [0, 0.1) is 25.6 Å². The number of halogens is 2.